The molecular formula is C43H45ClF3N5O3S2. The summed E-state index contributed by atoms with van der Waals surface area (Å²) in [5.74, 6) is -0.454. The fourth-order valence-corrected chi connectivity index (χ4v) is 8.75. The molecule has 0 aromatic heterocycles. The van der Waals surface area contributed by atoms with Crippen LogP contribution in [0, 0.1) is 0 Å². The zero-order valence-corrected chi connectivity index (χ0v) is 34.1. The molecule has 1 aliphatic heterocycles. The Morgan fingerprint density at radius 2 is 1.53 bits per heavy atom. The van der Waals surface area contributed by atoms with Crippen molar-refractivity contribution in [1.29, 1.82) is 0 Å². The molecule has 2 N–H and O–H groups in total. The van der Waals surface area contributed by atoms with Crippen LogP contribution in [0.2, 0.25) is 5.02 Å². The Kier molecular flexibility index (Phi) is 13.9. The van der Waals surface area contributed by atoms with Crippen molar-refractivity contribution in [3.8, 4) is 11.1 Å². The van der Waals surface area contributed by atoms with E-state index in [1.165, 1.54) is 29.5 Å². The number of sulfonamides is 1. The number of piperazine rings is 1. The van der Waals surface area contributed by atoms with Gasteiger partial charge < -0.3 is 15.1 Å². The van der Waals surface area contributed by atoms with Crippen LogP contribution in [0.1, 0.15) is 27.9 Å². The van der Waals surface area contributed by atoms with Gasteiger partial charge in [-0.2, -0.15) is 13.2 Å². The summed E-state index contributed by atoms with van der Waals surface area (Å²) in [5, 5.41) is 3.71. The van der Waals surface area contributed by atoms with Gasteiger partial charge in [-0.25, -0.2) is 13.1 Å². The molecule has 0 saturated carbocycles. The Bertz CT molecular complexity index is 2220. The van der Waals surface area contributed by atoms with Crippen molar-refractivity contribution >= 4 is 50.7 Å². The Hall–Kier alpha value is -4.53. The van der Waals surface area contributed by atoms with Crippen LogP contribution in [-0.2, 0) is 22.7 Å². The molecule has 1 heterocycles. The molecule has 1 amide bonds. The maximum atomic E-state index is 14.4. The SMILES string of the molecule is CN(C)CC[C@H](CSc1ccccc1)Nc1ccc(S(=O)(=O)NC(=O)c2ccc(N3CCN(Cc4ccccc4-c4ccc(Cl)cc4)CC3)cc2)cc1C(F)(F)F. The van der Waals surface area contributed by atoms with Crippen LogP contribution >= 0.6 is 23.4 Å². The molecule has 300 valence electrons. The number of carbonyl (C=O) groups excluding carboxylic acids is 1. The number of hydrogen-bond acceptors (Lipinski definition) is 8. The molecule has 0 bridgehead atoms. The van der Waals surface area contributed by atoms with Crippen LogP contribution in [-0.4, -0.2) is 82.7 Å². The molecule has 5 aromatic carbocycles. The number of nitrogens with zero attached hydrogens (tertiary/aromatic N) is 3. The van der Waals surface area contributed by atoms with Gasteiger partial charge >= 0.3 is 6.18 Å². The molecule has 0 aliphatic carbocycles. The summed E-state index contributed by atoms with van der Waals surface area (Å²) in [7, 11) is -0.873. The molecule has 1 saturated heterocycles. The van der Waals surface area contributed by atoms with E-state index < -0.39 is 32.6 Å². The first-order chi connectivity index (χ1) is 27.2. The smallest absolute Gasteiger partial charge is 0.381 e. The van der Waals surface area contributed by atoms with Crippen LogP contribution in [0.25, 0.3) is 11.1 Å². The van der Waals surface area contributed by atoms with Crippen molar-refractivity contribution in [3.63, 3.8) is 0 Å². The summed E-state index contributed by atoms with van der Waals surface area (Å²) in [6.07, 6.45) is -4.31. The highest BCUT2D eigenvalue weighted by molar-refractivity contribution is 7.99. The maximum absolute atomic E-state index is 14.4. The van der Waals surface area contributed by atoms with Gasteiger partial charge in [0.25, 0.3) is 15.9 Å². The second-order valence-electron chi connectivity index (χ2n) is 14.2. The van der Waals surface area contributed by atoms with Gasteiger partial charge in [-0.05, 0) is 110 Å². The maximum Gasteiger partial charge on any atom is 0.418 e. The first-order valence-corrected chi connectivity index (χ1v) is 21.4. The Morgan fingerprint density at radius 3 is 2.19 bits per heavy atom. The summed E-state index contributed by atoms with van der Waals surface area (Å²) in [6, 6.07) is 34.7. The molecule has 5 aromatic rings. The number of nitrogens with one attached hydrogen (secondary N) is 2. The van der Waals surface area contributed by atoms with Gasteiger partial charge in [-0.1, -0.05) is 66.2 Å². The Balaban J connectivity index is 1.07. The topological polar surface area (TPSA) is 85.0 Å². The van der Waals surface area contributed by atoms with Crippen molar-refractivity contribution in [2.75, 3.05) is 62.8 Å². The quantitative estimate of drug-likeness (QED) is 0.101. The number of amides is 1. The highest BCUT2D eigenvalue weighted by Gasteiger charge is 2.36. The van der Waals surface area contributed by atoms with Gasteiger partial charge in [0.05, 0.1) is 10.5 Å². The van der Waals surface area contributed by atoms with Gasteiger partial charge in [-0.3, -0.25) is 9.69 Å². The number of hydrogen-bond donors (Lipinski definition) is 2. The van der Waals surface area contributed by atoms with Gasteiger partial charge in [-0.15, -0.1) is 11.8 Å². The zero-order valence-electron chi connectivity index (χ0n) is 31.7. The van der Waals surface area contributed by atoms with Crippen LogP contribution in [0.4, 0.5) is 24.5 Å². The van der Waals surface area contributed by atoms with Crippen LogP contribution < -0.4 is 14.9 Å². The largest absolute Gasteiger partial charge is 0.418 e. The van der Waals surface area contributed by atoms with E-state index in [0.29, 0.717) is 29.8 Å². The first kappa shape index (κ1) is 42.1. The number of rotatable bonds is 15. The summed E-state index contributed by atoms with van der Waals surface area (Å²) in [4.78, 5) is 20.0. The van der Waals surface area contributed by atoms with E-state index >= 15 is 0 Å². The molecule has 0 spiro atoms. The molecule has 1 fully saturated rings. The lowest BCUT2D eigenvalue weighted by Gasteiger charge is -2.36. The molecule has 1 aliphatic rings. The zero-order chi connectivity index (χ0) is 40.6. The lowest BCUT2D eigenvalue weighted by molar-refractivity contribution is -0.137. The molecule has 8 nitrogen and oxygen atoms in total. The summed E-state index contributed by atoms with van der Waals surface area (Å²) >= 11 is 7.63. The predicted octanol–water partition coefficient (Wildman–Crippen LogP) is 8.99. The minimum Gasteiger partial charge on any atom is -0.381 e. The Labute approximate surface area is 342 Å². The minimum atomic E-state index is -4.86. The third-order valence-electron chi connectivity index (χ3n) is 9.75. The van der Waals surface area contributed by atoms with E-state index in [1.54, 1.807) is 12.1 Å². The fourth-order valence-electron chi connectivity index (χ4n) is 6.63. The molecular weight excluding hydrogens is 791 g/mol. The highest BCUT2D eigenvalue weighted by Crippen LogP contribution is 2.37. The van der Waals surface area contributed by atoms with E-state index in [0.717, 1.165) is 66.6 Å². The van der Waals surface area contributed by atoms with E-state index in [2.05, 4.69) is 27.2 Å². The normalized spacial score (nSPS) is 14.4. The molecule has 0 radical (unpaired) electrons. The second-order valence-corrected chi connectivity index (χ2v) is 17.4. The molecule has 1 atom stereocenters. The highest BCUT2D eigenvalue weighted by atomic mass is 35.5. The van der Waals surface area contributed by atoms with E-state index in [4.69, 9.17) is 11.6 Å². The van der Waals surface area contributed by atoms with Gasteiger partial charge in [0.1, 0.15) is 0 Å². The number of carbonyl (C=O) groups is 1. The third kappa shape index (κ3) is 11.5. The summed E-state index contributed by atoms with van der Waals surface area (Å²) in [5.41, 5.74) is 3.07. The molecule has 6 rings (SSSR count). The van der Waals surface area contributed by atoms with E-state index in [9.17, 15) is 26.4 Å². The molecule has 14 heteroatoms. The average Bonchev–Trinajstić information content (AvgIpc) is 3.19. The number of anilines is 2. The minimum absolute atomic E-state index is 0.0637. The van der Waals surface area contributed by atoms with Crippen LogP contribution in [0.15, 0.2) is 131 Å². The fraction of sp³-hybridized carbons (Fsp3) is 0.279. The number of thioether (sulfide) groups is 1. The predicted molar refractivity (Wildman–Crippen MR) is 225 cm³/mol. The molecule has 57 heavy (non-hydrogen) atoms. The van der Waals surface area contributed by atoms with Crippen molar-refractivity contribution in [2.24, 2.45) is 0 Å². The lowest BCUT2D eigenvalue weighted by Crippen LogP contribution is -2.46. The second kappa shape index (κ2) is 18.8. The number of alkyl halides is 3. The van der Waals surface area contributed by atoms with Gasteiger partial charge in [0.2, 0.25) is 0 Å². The number of halogens is 4. The van der Waals surface area contributed by atoms with E-state index in [1.807, 2.05) is 90.4 Å². The van der Waals surface area contributed by atoms with Crippen LogP contribution in [0.5, 0.6) is 0 Å². The van der Waals surface area contributed by atoms with Crippen molar-refractivity contribution < 1.29 is 26.4 Å². The summed E-state index contributed by atoms with van der Waals surface area (Å²) in [6.45, 7) is 4.54. The Morgan fingerprint density at radius 1 is 0.860 bits per heavy atom. The average molecular weight is 836 g/mol. The standard InChI is InChI=1S/C43H45ClF3N5O3S2/c1-50(2)23-22-35(30-56-37-9-4-3-5-10-37)48-41-21-20-38(28-40(41)43(45,46)47)57(54,55)49-42(53)32-14-18-36(19-15-32)52-26-24-51(25-27-52)29-33-8-6-7-11-39(33)31-12-16-34(44)17-13-31/h3-21,28,35,48H,22-27,29-30H2,1-2H3,(H,49,53)/t35-/m1/s1. The van der Waals surface area contributed by atoms with Gasteiger partial charge in [0.15, 0.2) is 0 Å². The lowest BCUT2D eigenvalue weighted by atomic mass is 9.99. The van der Waals surface area contributed by atoms with Gasteiger partial charge in [0, 0.05) is 71.4 Å². The van der Waals surface area contributed by atoms with E-state index in [-0.39, 0.29) is 17.3 Å². The van der Waals surface area contributed by atoms with Crippen LogP contribution in [0.3, 0.4) is 0 Å². The monoisotopic (exact) mass is 835 g/mol. The van der Waals surface area contributed by atoms with Crippen molar-refractivity contribution in [3.05, 3.63) is 143 Å². The first-order valence-electron chi connectivity index (χ1n) is 18.5. The third-order valence-corrected chi connectivity index (χ3v) is 12.5. The summed E-state index contributed by atoms with van der Waals surface area (Å²) < 4.78 is 71.8. The van der Waals surface area contributed by atoms with Crippen molar-refractivity contribution in [1.82, 2.24) is 14.5 Å². The van der Waals surface area contributed by atoms with Crippen molar-refractivity contribution in [2.45, 2.75) is 35.0 Å². The number of benzene rings is 5. The molecule has 0 unspecified atom stereocenters.